The van der Waals surface area contributed by atoms with Crippen molar-refractivity contribution in [2.24, 2.45) is 0 Å². The minimum atomic E-state index is 0.240. The van der Waals surface area contributed by atoms with Crippen LogP contribution in [0.3, 0.4) is 0 Å². The van der Waals surface area contributed by atoms with Gasteiger partial charge in [0.2, 0.25) is 0 Å². The van der Waals surface area contributed by atoms with Crippen LogP contribution >= 0.6 is 11.5 Å². The number of carbonyl (C=O) groups excluding carboxylic acids is 1. The molecular formula is C9H9NOS. The first-order valence-electron chi connectivity index (χ1n) is 4.00. The van der Waals surface area contributed by atoms with Crippen molar-refractivity contribution >= 4 is 22.9 Å². The third-order valence-corrected chi connectivity index (χ3v) is 2.53. The average Bonchev–Trinajstić information content (AvgIpc) is 2.56. The highest BCUT2D eigenvalue weighted by Crippen LogP contribution is 2.24. The number of carbonyl (C=O) groups is 1. The van der Waals surface area contributed by atoms with Gasteiger partial charge in [0.15, 0.2) is 5.78 Å². The summed E-state index contributed by atoms with van der Waals surface area (Å²) < 4.78 is 4.20. The Bertz CT molecular complexity index is 313. The summed E-state index contributed by atoms with van der Waals surface area (Å²) in [6, 6.07) is 1.97. The number of hydrogen-bond donors (Lipinski definition) is 0. The molecule has 1 aromatic rings. The molecule has 0 fully saturated rings. The number of nitrogens with zero attached hydrogens (tertiary/aromatic N) is 1. The molecule has 0 saturated heterocycles. The van der Waals surface area contributed by atoms with Crippen LogP contribution in [0.25, 0.3) is 5.57 Å². The number of hydrogen-bond acceptors (Lipinski definition) is 3. The largest absolute Gasteiger partial charge is 0.295 e. The maximum atomic E-state index is 11.1. The summed E-state index contributed by atoms with van der Waals surface area (Å²) in [7, 11) is 0. The van der Waals surface area contributed by atoms with Crippen molar-refractivity contribution in [1.29, 1.82) is 0 Å². The van der Waals surface area contributed by atoms with E-state index in [4.69, 9.17) is 0 Å². The zero-order chi connectivity index (χ0) is 8.39. The maximum absolute atomic E-state index is 11.1. The quantitative estimate of drug-likeness (QED) is 0.662. The smallest absolute Gasteiger partial charge is 0.156 e. The maximum Gasteiger partial charge on any atom is 0.156 e. The molecule has 0 bridgehead atoms. The van der Waals surface area contributed by atoms with Gasteiger partial charge in [0.1, 0.15) is 0 Å². The third-order valence-electron chi connectivity index (χ3n) is 1.97. The van der Waals surface area contributed by atoms with Crippen LogP contribution < -0.4 is 0 Å². The Morgan fingerprint density at radius 3 is 3.00 bits per heavy atom. The Morgan fingerprint density at radius 2 is 2.33 bits per heavy atom. The van der Waals surface area contributed by atoms with Gasteiger partial charge in [-0.3, -0.25) is 4.79 Å². The Balaban J connectivity index is 2.29. The van der Waals surface area contributed by atoms with E-state index in [1.54, 1.807) is 6.08 Å². The van der Waals surface area contributed by atoms with Crippen molar-refractivity contribution in [3.63, 3.8) is 0 Å². The molecule has 1 aliphatic rings. The molecule has 0 amide bonds. The second-order valence-electron chi connectivity index (χ2n) is 2.87. The van der Waals surface area contributed by atoms with Crippen LogP contribution in [0, 0.1) is 0 Å². The lowest BCUT2D eigenvalue weighted by atomic mass is 9.97. The predicted octanol–water partition coefficient (Wildman–Crippen LogP) is 2.28. The van der Waals surface area contributed by atoms with Gasteiger partial charge in [-0.2, -0.15) is 4.37 Å². The van der Waals surface area contributed by atoms with Crippen molar-refractivity contribution in [3.05, 3.63) is 23.2 Å². The van der Waals surface area contributed by atoms with Crippen molar-refractivity contribution in [1.82, 2.24) is 4.37 Å². The zero-order valence-electron chi connectivity index (χ0n) is 6.62. The first kappa shape index (κ1) is 7.68. The van der Waals surface area contributed by atoms with Gasteiger partial charge < -0.3 is 0 Å². The summed E-state index contributed by atoms with van der Waals surface area (Å²) >= 11 is 1.43. The van der Waals surface area contributed by atoms with E-state index in [1.165, 1.54) is 11.5 Å². The molecule has 2 rings (SSSR count). The second kappa shape index (κ2) is 3.19. The molecule has 0 aliphatic heterocycles. The lowest BCUT2D eigenvalue weighted by molar-refractivity contribution is -0.114. The van der Waals surface area contributed by atoms with Gasteiger partial charge >= 0.3 is 0 Å². The summed E-state index contributed by atoms with van der Waals surface area (Å²) in [5.74, 6) is 0.240. The minimum Gasteiger partial charge on any atom is -0.295 e. The van der Waals surface area contributed by atoms with E-state index in [2.05, 4.69) is 4.37 Å². The summed E-state index contributed by atoms with van der Waals surface area (Å²) in [6.45, 7) is 0. The SMILES string of the molecule is O=C1C=C(c2ccsn2)CCC1. The van der Waals surface area contributed by atoms with Crippen molar-refractivity contribution in [3.8, 4) is 0 Å². The summed E-state index contributed by atoms with van der Waals surface area (Å²) in [5, 5.41) is 1.94. The van der Waals surface area contributed by atoms with Crippen molar-refractivity contribution in [2.75, 3.05) is 0 Å². The molecule has 0 aromatic carbocycles. The monoisotopic (exact) mass is 179 g/mol. The van der Waals surface area contributed by atoms with Crippen LogP contribution in [0.4, 0.5) is 0 Å². The second-order valence-corrected chi connectivity index (χ2v) is 3.54. The van der Waals surface area contributed by atoms with Gasteiger partial charge in [-0.1, -0.05) is 0 Å². The van der Waals surface area contributed by atoms with E-state index in [0.717, 1.165) is 24.1 Å². The molecule has 1 aliphatic carbocycles. The van der Waals surface area contributed by atoms with Gasteiger partial charge in [-0.15, -0.1) is 0 Å². The van der Waals surface area contributed by atoms with Gasteiger partial charge in [-0.05, 0) is 42.1 Å². The summed E-state index contributed by atoms with van der Waals surface area (Å²) in [5.41, 5.74) is 2.08. The molecule has 0 spiro atoms. The highest BCUT2D eigenvalue weighted by Gasteiger charge is 2.12. The number of ketones is 1. The highest BCUT2D eigenvalue weighted by molar-refractivity contribution is 7.03. The summed E-state index contributed by atoms with van der Waals surface area (Å²) in [6.07, 6.45) is 4.41. The molecule has 0 atom stereocenters. The van der Waals surface area contributed by atoms with E-state index < -0.39 is 0 Å². The van der Waals surface area contributed by atoms with Gasteiger partial charge in [0.05, 0.1) is 5.69 Å². The Kier molecular flexibility index (Phi) is 2.04. The average molecular weight is 179 g/mol. The number of aromatic nitrogens is 1. The van der Waals surface area contributed by atoms with E-state index >= 15 is 0 Å². The normalized spacial score (nSPS) is 17.7. The molecule has 0 saturated carbocycles. The molecule has 62 valence electrons. The van der Waals surface area contributed by atoms with E-state index in [9.17, 15) is 4.79 Å². The van der Waals surface area contributed by atoms with Crippen LogP contribution in [0.2, 0.25) is 0 Å². The molecule has 1 aromatic heterocycles. The predicted molar refractivity (Wildman–Crippen MR) is 48.9 cm³/mol. The fourth-order valence-corrected chi connectivity index (χ4v) is 1.91. The van der Waals surface area contributed by atoms with Crippen LogP contribution in [0.1, 0.15) is 25.0 Å². The van der Waals surface area contributed by atoms with Crippen LogP contribution in [-0.2, 0) is 4.79 Å². The van der Waals surface area contributed by atoms with Gasteiger partial charge in [0.25, 0.3) is 0 Å². The fraction of sp³-hybridized carbons (Fsp3) is 0.333. The summed E-state index contributed by atoms with van der Waals surface area (Å²) in [4.78, 5) is 11.1. The van der Waals surface area contributed by atoms with Crippen LogP contribution in [0.5, 0.6) is 0 Å². The van der Waals surface area contributed by atoms with Crippen molar-refractivity contribution < 1.29 is 4.79 Å². The molecule has 0 N–H and O–H groups in total. The lowest BCUT2D eigenvalue weighted by Crippen LogP contribution is -2.01. The highest BCUT2D eigenvalue weighted by atomic mass is 32.1. The zero-order valence-corrected chi connectivity index (χ0v) is 7.43. The molecule has 1 heterocycles. The van der Waals surface area contributed by atoms with E-state index in [1.807, 2.05) is 11.4 Å². The molecule has 0 radical (unpaired) electrons. The first-order chi connectivity index (χ1) is 5.86. The molecule has 0 unspecified atom stereocenters. The third kappa shape index (κ3) is 1.46. The molecule has 2 nitrogen and oxygen atoms in total. The fourth-order valence-electron chi connectivity index (χ4n) is 1.37. The Hall–Kier alpha value is -0.960. The number of rotatable bonds is 1. The minimum absolute atomic E-state index is 0.240. The van der Waals surface area contributed by atoms with E-state index in [-0.39, 0.29) is 5.78 Å². The molecule has 3 heteroatoms. The Labute approximate surface area is 75.1 Å². The standard InChI is InChI=1S/C9H9NOS/c11-8-3-1-2-7(6-8)9-4-5-12-10-9/h4-6H,1-3H2. The lowest BCUT2D eigenvalue weighted by Gasteiger charge is -2.08. The van der Waals surface area contributed by atoms with Gasteiger partial charge in [0, 0.05) is 11.8 Å². The molecule has 12 heavy (non-hydrogen) atoms. The topological polar surface area (TPSA) is 30.0 Å². The number of allylic oxidation sites excluding steroid dienone is 2. The Morgan fingerprint density at radius 1 is 1.42 bits per heavy atom. The molecular weight excluding hydrogens is 170 g/mol. The van der Waals surface area contributed by atoms with Crippen LogP contribution in [0.15, 0.2) is 17.5 Å². The first-order valence-corrected chi connectivity index (χ1v) is 4.84. The van der Waals surface area contributed by atoms with E-state index in [0.29, 0.717) is 6.42 Å². The van der Waals surface area contributed by atoms with Crippen LogP contribution in [-0.4, -0.2) is 10.2 Å². The van der Waals surface area contributed by atoms with Crippen molar-refractivity contribution in [2.45, 2.75) is 19.3 Å². The van der Waals surface area contributed by atoms with Gasteiger partial charge in [-0.25, -0.2) is 0 Å².